The average molecular weight is 502 g/mol. The second kappa shape index (κ2) is 14.0. The first-order chi connectivity index (χ1) is 17.4. The molecule has 7 heteroatoms. The maximum Gasteiger partial charge on any atom is 0.308 e. The zero-order valence-electron chi connectivity index (χ0n) is 22.6. The highest BCUT2D eigenvalue weighted by atomic mass is 16.5. The predicted molar refractivity (Wildman–Crippen MR) is 143 cm³/mol. The summed E-state index contributed by atoms with van der Waals surface area (Å²) in [7, 11) is 0. The molecule has 2 aliphatic rings. The molecule has 1 aromatic carbocycles. The molecule has 1 unspecified atom stereocenters. The number of amides is 1. The minimum atomic E-state index is -0.758. The number of nitrogens with two attached hydrogens (primary N) is 1. The van der Waals surface area contributed by atoms with Crippen LogP contribution in [-0.4, -0.2) is 72.2 Å². The predicted octanol–water partition coefficient (Wildman–Crippen LogP) is 4.28. The third-order valence-electron chi connectivity index (χ3n) is 7.96. The van der Waals surface area contributed by atoms with Crippen LogP contribution in [0.15, 0.2) is 18.2 Å². The van der Waals surface area contributed by atoms with Crippen LogP contribution in [0.25, 0.3) is 0 Å². The molecule has 1 amide bonds. The minimum absolute atomic E-state index is 0.112. The summed E-state index contributed by atoms with van der Waals surface area (Å²) in [6.45, 7) is 10.2. The summed E-state index contributed by atoms with van der Waals surface area (Å²) in [5, 5.41) is 10.4. The first-order valence-corrected chi connectivity index (χ1v) is 14.1. The summed E-state index contributed by atoms with van der Waals surface area (Å²) < 4.78 is 5.68. The number of unbranched alkanes of at least 4 members (excludes halogenated alkanes) is 2. The summed E-state index contributed by atoms with van der Waals surface area (Å²) in [6, 6.07) is 6.01. The van der Waals surface area contributed by atoms with Crippen molar-refractivity contribution < 1.29 is 19.4 Å². The summed E-state index contributed by atoms with van der Waals surface area (Å²) in [6.07, 6.45) is 7.61. The van der Waals surface area contributed by atoms with Gasteiger partial charge in [-0.2, -0.15) is 0 Å². The lowest BCUT2D eigenvalue weighted by atomic mass is 9.81. The second-order valence-electron chi connectivity index (χ2n) is 10.8. The molecule has 1 saturated heterocycles. The Balaban J connectivity index is 1.85. The third kappa shape index (κ3) is 7.22. The van der Waals surface area contributed by atoms with Gasteiger partial charge in [0.05, 0.1) is 19.1 Å². The molecule has 7 nitrogen and oxygen atoms in total. The van der Waals surface area contributed by atoms with Crippen LogP contribution in [0.2, 0.25) is 0 Å². The van der Waals surface area contributed by atoms with Crippen molar-refractivity contribution >= 4 is 11.9 Å². The lowest BCUT2D eigenvalue weighted by molar-refractivity contribution is -0.144. The zero-order chi connectivity index (χ0) is 26.1. The average Bonchev–Trinajstić information content (AvgIpc) is 3.45. The molecule has 3 rings (SSSR count). The van der Waals surface area contributed by atoms with Gasteiger partial charge in [0.1, 0.15) is 5.75 Å². The SMILES string of the molecule is CCCCN(CCCCN)C(=O)CN1C[C@H](c2ccc3c(c2)CCO3)[C@@H](C(=O)O)[C@@H]1CC(C)CCC. The lowest BCUT2D eigenvalue weighted by Gasteiger charge is -2.31. The Hall–Kier alpha value is -2.12. The smallest absolute Gasteiger partial charge is 0.308 e. The van der Waals surface area contributed by atoms with Crippen LogP contribution in [0.1, 0.15) is 82.8 Å². The topological polar surface area (TPSA) is 96.1 Å². The van der Waals surface area contributed by atoms with E-state index in [2.05, 4.69) is 31.7 Å². The highest BCUT2D eigenvalue weighted by Gasteiger charge is 2.47. The van der Waals surface area contributed by atoms with Gasteiger partial charge in [-0.25, -0.2) is 0 Å². The van der Waals surface area contributed by atoms with Crippen LogP contribution in [-0.2, 0) is 16.0 Å². The zero-order valence-corrected chi connectivity index (χ0v) is 22.6. The first kappa shape index (κ1) is 28.5. The van der Waals surface area contributed by atoms with Crippen molar-refractivity contribution in [3.63, 3.8) is 0 Å². The van der Waals surface area contributed by atoms with E-state index in [1.54, 1.807) is 0 Å². The van der Waals surface area contributed by atoms with Gasteiger partial charge >= 0.3 is 5.97 Å². The van der Waals surface area contributed by atoms with Crippen molar-refractivity contribution in [3.05, 3.63) is 29.3 Å². The van der Waals surface area contributed by atoms with Gasteiger partial charge in [0, 0.05) is 38.0 Å². The number of hydrogen-bond donors (Lipinski definition) is 2. The number of fused-ring (bicyclic) bond motifs is 1. The summed E-state index contributed by atoms with van der Waals surface area (Å²) in [4.78, 5) is 30.4. The van der Waals surface area contributed by atoms with Gasteiger partial charge < -0.3 is 20.5 Å². The molecule has 36 heavy (non-hydrogen) atoms. The fourth-order valence-electron chi connectivity index (χ4n) is 6.01. The monoisotopic (exact) mass is 501 g/mol. The van der Waals surface area contributed by atoms with E-state index in [-0.39, 0.29) is 24.4 Å². The number of nitrogens with zero attached hydrogens (tertiary/aromatic N) is 2. The Bertz CT molecular complexity index is 861. The number of benzene rings is 1. The van der Waals surface area contributed by atoms with Gasteiger partial charge in [0.2, 0.25) is 5.91 Å². The van der Waals surface area contributed by atoms with Gasteiger partial charge in [0.25, 0.3) is 0 Å². The van der Waals surface area contributed by atoms with Crippen LogP contribution in [0.4, 0.5) is 0 Å². The third-order valence-corrected chi connectivity index (χ3v) is 7.96. The van der Waals surface area contributed by atoms with Crippen LogP contribution in [0.5, 0.6) is 5.75 Å². The Morgan fingerprint density at radius 1 is 1.19 bits per heavy atom. The molecule has 202 valence electrons. The van der Waals surface area contributed by atoms with Crippen LogP contribution in [0, 0.1) is 11.8 Å². The molecule has 1 fully saturated rings. The van der Waals surface area contributed by atoms with E-state index in [9.17, 15) is 14.7 Å². The van der Waals surface area contributed by atoms with E-state index in [1.807, 2.05) is 17.0 Å². The molecule has 2 heterocycles. The number of likely N-dealkylation sites (tertiary alicyclic amines) is 1. The van der Waals surface area contributed by atoms with Crippen molar-refractivity contribution in [2.75, 3.05) is 39.3 Å². The number of carboxylic acids is 1. The van der Waals surface area contributed by atoms with Gasteiger partial charge in [-0.05, 0) is 55.3 Å². The number of carboxylic acid groups (broad SMARTS) is 1. The fourth-order valence-corrected chi connectivity index (χ4v) is 6.01. The largest absolute Gasteiger partial charge is 0.493 e. The van der Waals surface area contributed by atoms with Gasteiger partial charge in [-0.1, -0.05) is 52.2 Å². The normalized spacial score (nSPS) is 22.3. The van der Waals surface area contributed by atoms with Crippen molar-refractivity contribution in [1.29, 1.82) is 0 Å². The molecule has 4 atom stereocenters. The molecule has 0 aromatic heterocycles. The molecule has 2 aliphatic heterocycles. The maximum absolute atomic E-state index is 13.5. The van der Waals surface area contributed by atoms with E-state index in [0.717, 1.165) is 81.3 Å². The van der Waals surface area contributed by atoms with E-state index < -0.39 is 11.9 Å². The van der Waals surface area contributed by atoms with Crippen molar-refractivity contribution in [3.8, 4) is 5.75 Å². The van der Waals surface area contributed by atoms with Gasteiger partial charge in [0.15, 0.2) is 0 Å². The number of ether oxygens (including phenoxy) is 1. The first-order valence-electron chi connectivity index (χ1n) is 14.1. The molecule has 3 N–H and O–H groups in total. The van der Waals surface area contributed by atoms with E-state index in [0.29, 0.717) is 25.6 Å². The van der Waals surface area contributed by atoms with Gasteiger partial charge in [-0.15, -0.1) is 0 Å². The summed E-state index contributed by atoms with van der Waals surface area (Å²) in [5.41, 5.74) is 7.90. The fraction of sp³-hybridized carbons (Fsp3) is 0.724. The highest BCUT2D eigenvalue weighted by Crippen LogP contribution is 2.42. The molecular formula is C29H47N3O4. The van der Waals surface area contributed by atoms with Crippen molar-refractivity contribution in [2.24, 2.45) is 17.6 Å². The van der Waals surface area contributed by atoms with E-state index >= 15 is 0 Å². The summed E-state index contributed by atoms with van der Waals surface area (Å²) in [5.74, 6) is 0.00676. The molecule has 0 saturated carbocycles. The number of carbonyl (C=O) groups is 2. The quantitative estimate of drug-likeness (QED) is 0.348. The highest BCUT2D eigenvalue weighted by molar-refractivity contribution is 5.79. The Labute approximate surface area is 217 Å². The molecule has 0 aliphatic carbocycles. The summed E-state index contributed by atoms with van der Waals surface area (Å²) >= 11 is 0. The van der Waals surface area contributed by atoms with Crippen LogP contribution < -0.4 is 10.5 Å². The van der Waals surface area contributed by atoms with Crippen LogP contribution >= 0.6 is 0 Å². The number of aliphatic carboxylic acids is 1. The van der Waals surface area contributed by atoms with Crippen molar-refractivity contribution in [1.82, 2.24) is 9.80 Å². The Morgan fingerprint density at radius 2 is 1.97 bits per heavy atom. The Morgan fingerprint density at radius 3 is 2.67 bits per heavy atom. The Kier molecular flexibility index (Phi) is 11.1. The van der Waals surface area contributed by atoms with E-state index in [4.69, 9.17) is 10.5 Å². The molecule has 1 aromatic rings. The van der Waals surface area contributed by atoms with Gasteiger partial charge in [-0.3, -0.25) is 14.5 Å². The molecule has 0 bridgehead atoms. The van der Waals surface area contributed by atoms with Crippen molar-refractivity contribution in [2.45, 2.75) is 84.1 Å². The number of hydrogen-bond acceptors (Lipinski definition) is 5. The molecule has 0 radical (unpaired) electrons. The standard InChI is InChI=1S/C29H47N3O4/c1-4-6-14-31(15-8-7-13-30)27(33)20-32-19-24(22-10-11-26-23(18-22)12-16-36-26)28(29(34)35)25(32)17-21(3)9-5-2/h10-11,18,21,24-25,28H,4-9,12-17,19-20,30H2,1-3H3,(H,34,35)/t21?,24-,25+,28-/m1/s1. The van der Waals surface area contributed by atoms with E-state index in [1.165, 1.54) is 0 Å². The number of carbonyl (C=O) groups excluding carboxylic acids is 1. The molecule has 0 spiro atoms. The lowest BCUT2D eigenvalue weighted by Crippen LogP contribution is -2.45. The second-order valence-corrected chi connectivity index (χ2v) is 10.8. The maximum atomic E-state index is 13.5. The molecular weight excluding hydrogens is 454 g/mol. The number of rotatable bonds is 15. The van der Waals surface area contributed by atoms with Crippen LogP contribution in [0.3, 0.4) is 0 Å². The minimum Gasteiger partial charge on any atom is -0.493 e.